The van der Waals surface area contributed by atoms with E-state index in [1.54, 1.807) is 0 Å². The maximum Gasteiger partial charge on any atom is 0.155 e. The first-order valence-corrected chi connectivity index (χ1v) is 8.87. The summed E-state index contributed by atoms with van der Waals surface area (Å²) in [5.41, 5.74) is 2.26. The van der Waals surface area contributed by atoms with E-state index < -0.39 is 0 Å². The summed E-state index contributed by atoms with van der Waals surface area (Å²) < 4.78 is 0. The van der Waals surface area contributed by atoms with E-state index in [1.165, 1.54) is 31.3 Å². The second-order valence-electron chi connectivity index (χ2n) is 8.68. The average molecular weight is 284 g/mol. The number of hydrogen-bond donors (Lipinski definition) is 0. The van der Waals surface area contributed by atoms with Gasteiger partial charge in [0.1, 0.15) is 0 Å². The van der Waals surface area contributed by atoms with Gasteiger partial charge in [-0.2, -0.15) is 0 Å². The van der Waals surface area contributed by atoms with Crippen molar-refractivity contribution in [1.82, 2.24) is 0 Å². The van der Waals surface area contributed by atoms with Gasteiger partial charge in [0, 0.05) is 6.42 Å². The molecule has 0 heterocycles. The number of hydrogen-bond acceptors (Lipinski definition) is 1. The summed E-state index contributed by atoms with van der Waals surface area (Å²) in [5.74, 6) is 3.50. The van der Waals surface area contributed by atoms with Crippen molar-refractivity contribution >= 4 is 5.78 Å². The first-order valence-electron chi connectivity index (χ1n) is 8.87. The number of carbonyl (C=O) groups is 1. The van der Waals surface area contributed by atoms with Gasteiger partial charge in [0.25, 0.3) is 0 Å². The van der Waals surface area contributed by atoms with E-state index in [1.807, 2.05) is 6.08 Å². The molecular weight excluding hydrogens is 256 g/mol. The summed E-state index contributed by atoms with van der Waals surface area (Å²) in [5, 5.41) is 0. The van der Waals surface area contributed by atoms with Gasteiger partial charge in [0.05, 0.1) is 0 Å². The number of allylic oxidation sites excluding steroid dienone is 4. The lowest BCUT2D eigenvalue weighted by atomic mass is 9.46. The highest BCUT2D eigenvalue weighted by atomic mass is 16.1. The van der Waals surface area contributed by atoms with Gasteiger partial charge in [0.15, 0.2) is 5.78 Å². The van der Waals surface area contributed by atoms with Crippen LogP contribution in [0.1, 0.15) is 59.3 Å². The third kappa shape index (κ3) is 1.79. The molecule has 4 aliphatic rings. The van der Waals surface area contributed by atoms with Crippen molar-refractivity contribution < 1.29 is 4.79 Å². The van der Waals surface area contributed by atoms with Crippen molar-refractivity contribution in [3.8, 4) is 0 Å². The Hall–Kier alpha value is -0.850. The maximum absolute atomic E-state index is 11.9. The maximum atomic E-state index is 11.9. The van der Waals surface area contributed by atoms with Crippen molar-refractivity contribution in [2.24, 2.45) is 34.5 Å². The van der Waals surface area contributed by atoms with Crippen LogP contribution in [0.5, 0.6) is 0 Å². The largest absolute Gasteiger partial charge is 0.295 e. The zero-order chi connectivity index (χ0) is 14.8. The predicted octanol–water partition coefficient (Wildman–Crippen LogP) is 4.93. The average Bonchev–Trinajstić information content (AvgIpc) is 2.83. The fourth-order valence-electron chi connectivity index (χ4n) is 6.47. The van der Waals surface area contributed by atoms with Crippen LogP contribution in [0.2, 0.25) is 0 Å². The molecule has 0 aromatic heterocycles. The Morgan fingerprint density at radius 1 is 1.19 bits per heavy atom. The van der Waals surface area contributed by atoms with Crippen molar-refractivity contribution in [2.75, 3.05) is 0 Å². The number of carbonyl (C=O) groups excluding carboxylic acids is 1. The molecule has 0 aromatic carbocycles. The van der Waals surface area contributed by atoms with Crippen LogP contribution in [-0.2, 0) is 4.79 Å². The normalized spacial score (nSPS) is 52.0. The highest BCUT2D eigenvalue weighted by Crippen LogP contribution is 2.64. The minimum absolute atomic E-state index is 0.306. The third-order valence-electron chi connectivity index (χ3n) is 7.61. The Balaban J connectivity index is 1.74. The highest BCUT2D eigenvalue weighted by Gasteiger charge is 2.56. The molecule has 1 nitrogen and oxygen atoms in total. The molecule has 0 aromatic rings. The van der Waals surface area contributed by atoms with Crippen molar-refractivity contribution in [3.63, 3.8) is 0 Å². The van der Waals surface area contributed by atoms with E-state index in [9.17, 15) is 4.79 Å². The topological polar surface area (TPSA) is 17.1 Å². The summed E-state index contributed by atoms with van der Waals surface area (Å²) in [6.07, 6.45) is 14.2. The molecule has 6 atom stereocenters. The van der Waals surface area contributed by atoms with Crippen LogP contribution in [0.3, 0.4) is 0 Å². The van der Waals surface area contributed by atoms with Gasteiger partial charge in [-0.05, 0) is 72.7 Å². The standard InChI is InChI=1S/C20H28O/c1-13-11-15-16-5-4-8-19(16,2)9-7-17(15)20(3)10-6-14(21)12-18(13)20/h4,8,12-13,15-17H,5-7,9-11H2,1-3H3/t13-,15-,16-,17-,19-,20+/m0/s1. The molecular formula is C20H28O. The van der Waals surface area contributed by atoms with E-state index in [-0.39, 0.29) is 0 Å². The van der Waals surface area contributed by atoms with Crippen LogP contribution in [0, 0.1) is 34.5 Å². The molecule has 0 bridgehead atoms. The first-order chi connectivity index (χ1) is 9.94. The summed E-state index contributed by atoms with van der Waals surface area (Å²) in [7, 11) is 0. The number of rotatable bonds is 0. The number of ketones is 1. The van der Waals surface area contributed by atoms with E-state index in [0.717, 1.165) is 30.6 Å². The SMILES string of the molecule is C[C@H]1C[C@H]2[C@@H]3CC=C[C@@]3(C)CC[C@@H]2[C@@]2(C)CCC(=O)C=C12. The van der Waals surface area contributed by atoms with Gasteiger partial charge in [-0.3, -0.25) is 4.79 Å². The van der Waals surface area contributed by atoms with Gasteiger partial charge in [-0.25, -0.2) is 0 Å². The van der Waals surface area contributed by atoms with Gasteiger partial charge in [0.2, 0.25) is 0 Å². The lowest BCUT2D eigenvalue weighted by Gasteiger charge is -2.58. The monoisotopic (exact) mass is 284 g/mol. The van der Waals surface area contributed by atoms with Crippen molar-refractivity contribution in [2.45, 2.75) is 59.3 Å². The zero-order valence-corrected chi connectivity index (χ0v) is 13.7. The molecule has 0 amide bonds. The zero-order valence-electron chi connectivity index (χ0n) is 13.7. The molecule has 0 N–H and O–H groups in total. The van der Waals surface area contributed by atoms with Gasteiger partial charge in [-0.15, -0.1) is 0 Å². The molecule has 4 rings (SSSR count). The second kappa shape index (κ2) is 4.33. The minimum Gasteiger partial charge on any atom is -0.295 e. The molecule has 114 valence electrons. The number of fused-ring (bicyclic) bond motifs is 5. The summed E-state index contributed by atoms with van der Waals surface area (Å²) in [6, 6.07) is 0. The fraction of sp³-hybridized carbons (Fsp3) is 0.750. The van der Waals surface area contributed by atoms with Crippen molar-refractivity contribution in [3.05, 3.63) is 23.8 Å². The van der Waals surface area contributed by atoms with E-state index in [4.69, 9.17) is 0 Å². The predicted molar refractivity (Wildman–Crippen MR) is 85.8 cm³/mol. The van der Waals surface area contributed by atoms with E-state index in [0.29, 0.717) is 22.5 Å². The van der Waals surface area contributed by atoms with Gasteiger partial charge < -0.3 is 0 Å². The quantitative estimate of drug-likeness (QED) is 0.576. The minimum atomic E-state index is 0.306. The van der Waals surface area contributed by atoms with Crippen molar-refractivity contribution in [1.29, 1.82) is 0 Å². The molecule has 0 aliphatic heterocycles. The Morgan fingerprint density at radius 2 is 2.00 bits per heavy atom. The van der Waals surface area contributed by atoms with Crippen LogP contribution in [-0.4, -0.2) is 5.78 Å². The second-order valence-corrected chi connectivity index (χ2v) is 8.68. The van der Waals surface area contributed by atoms with Crippen LogP contribution >= 0.6 is 0 Å². The van der Waals surface area contributed by atoms with Crippen LogP contribution in [0.25, 0.3) is 0 Å². The molecule has 21 heavy (non-hydrogen) atoms. The Morgan fingerprint density at radius 3 is 2.81 bits per heavy atom. The molecule has 4 aliphatic carbocycles. The molecule has 0 unspecified atom stereocenters. The molecule has 0 radical (unpaired) electrons. The highest BCUT2D eigenvalue weighted by molar-refractivity contribution is 5.91. The summed E-state index contributed by atoms with van der Waals surface area (Å²) in [6.45, 7) is 7.33. The molecule has 2 fully saturated rings. The summed E-state index contributed by atoms with van der Waals surface area (Å²) >= 11 is 0. The lowest BCUT2D eigenvalue weighted by molar-refractivity contribution is -0.117. The van der Waals surface area contributed by atoms with Crippen LogP contribution in [0.4, 0.5) is 0 Å². The van der Waals surface area contributed by atoms with E-state index in [2.05, 4.69) is 32.9 Å². The molecule has 2 saturated carbocycles. The Labute approximate surface area is 128 Å². The third-order valence-corrected chi connectivity index (χ3v) is 7.61. The van der Waals surface area contributed by atoms with Gasteiger partial charge >= 0.3 is 0 Å². The van der Waals surface area contributed by atoms with Crippen LogP contribution in [0.15, 0.2) is 23.8 Å². The first kappa shape index (κ1) is 13.8. The Bertz CT molecular complexity index is 542. The molecule has 0 spiro atoms. The summed E-state index contributed by atoms with van der Waals surface area (Å²) in [4.78, 5) is 11.9. The van der Waals surface area contributed by atoms with E-state index >= 15 is 0 Å². The smallest absolute Gasteiger partial charge is 0.155 e. The van der Waals surface area contributed by atoms with Crippen LogP contribution < -0.4 is 0 Å². The Kier molecular flexibility index (Phi) is 2.85. The molecule has 1 heteroatoms. The fourth-order valence-corrected chi connectivity index (χ4v) is 6.47. The molecule has 0 saturated heterocycles. The van der Waals surface area contributed by atoms with Gasteiger partial charge in [-0.1, -0.05) is 38.5 Å². The lowest BCUT2D eigenvalue weighted by Crippen LogP contribution is -2.51.